The third kappa shape index (κ3) is 10.0. The van der Waals surface area contributed by atoms with Crippen molar-refractivity contribution in [2.75, 3.05) is 19.5 Å². The predicted octanol–water partition coefficient (Wildman–Crippen LogP) is 7.23. The summed E-state index contributed by atoms with van der Waals surface area (Å²) in [5.74, 6) is -0.286. The molecule has 0 aliphatic carbocycles. The molecule has 15 nitrogen and oxygen atoms in total. The first-order valence-electron chi connectivity index (χ1n) is 17.2. The molecule has 58 heavy (non-hydrogen) atoms. The second-order valence-electron chi connectivity index (χ2n) is 11.9. The van der Waals surface area contributed by atoms with Crippen molar-refractivity contribution >= 4 is 9.84 Å². The standard InChI is InChI=1S/C22H18FN3O4.C17H16FN3O5S.CH4/c1-2-28-14-26-20(19(21(27)30-26)15-8-10-16(23)11-9-15)18-12-13-24-22(25-18)29-17-6-4-3-5-7-17;1-3-25-10-21-15(13-8-9-19-17(20-13)27(2,23)24)14(16(22)26-21)11-4-6-12(18)7-5-11;/h3-13H,2,14H2,1H3;4-9H,3,10H2,1-2H3;1H4. The van der Waals surface area contributed by atoms with Crippen molar-refractivity contribution in [3.63, 3.8) is 0 Å². The zero-order chi connectivity index (χ0) is 40.5. The van der Waals surface area contributed by atoms with Gasteiger partial charge in [-0.3, -0.25) is 0 Å². The van der Waals surface area contributed by atoms with Crippen molar-refractivity contribution in [3.8, 4) is 56.8 Å². The van der Waals surface area contributed by atoms with E-state index in [1.54, 1.807) is 25.1 Å². The first kappa shape index (κ1) is 42.5. The number of nitrogens with zero attached hydrogens (tertiary/aromatic N) is 6. The Kier molecular flexibility index (Phi) is 13.9. The van der Waals surface area contributed by atoms with Crippen LogP contribution < -0.4 is 16.0 Å². The molecule has 0 N–H and O–H groups in total. The quantitative estimate of drug-likeness (QED) is 0.106. The Morgan fingerprint density at radius 1 is 0.655 bits per heavy atom. The molecule has 7 aromatic rings. The molecule has 0 saturated heterocycles. The van der Waals surface area contributed by atoms with Gasteiger partial charge in [-0.2, -0.15) is 14.5 Å². The minimum atomic E-state index is -3.66. The minimum absolute atomic E-state index is 0. The van der Waals surface area contributed by atoms with Crippen molar-refractivity contribution in [3.05, 3.63) is 136 Å². The molecule has 0 bridgehead atoms. The first-order chi connectivity index (χ1) is 27.5. The summed E-state index contributed by atoms with van der Waals surface area (Å²) >= 11 is 0. The molecule has 0 unspecified atom stereocenters. The van der Waals surface area contributed by atoms with Crippen LogP contribution in [0.3, 0.4) is 0 Å². The summed E-state index contributed by atoms with van der Waals surface area (Å²) in [6, 6.07) is 23.2. The zero-order valence-corrected chi connectivity index (χ0v) is 31.5. The maximum atomic E-state index is 13.4. The van der Waals surface area contributed by atoms with Gasteiger partial charge in [-0.15, -0.1) is 0 Å². The summed E-state index contributed by atoms with van der Waals surface area (Å²) in [7, 11) is -3.66. The fourth-order valence-electron chi connectivity index (χ4n) is 5.38. The largest absolute Gasteiger partial charge is 0.424 e. The van der Waals surface area contributed by atoms with Crippen molar-refractivity contribution < 1.29 is 40.5 Å². The number of sulfone groups is 1. The van der Waals surface area contributed by atoms with Crippen LogP contribution in [-0.4, -0.2) is 57.3 Å². The number of para-hydroxylation sites is 1. The van der Waals surface area contributed by atoms with E-state index in [0.717, 1.165) is 6.26 Å². The molecule has 4 heterocycles. The Hall–Kier alpha value is -6.63. The van der Waals surface area contributed by atoms with E-state index in [1.807, 2.05) is 25.1 Å². The molecule has 0 aliphatic heterocycles. The van der Waals surface area contributed by atoms with Gasteiger partial charge in [0.25, 0.3) is 0 Å². The van der Waals surface area contributed by atoms with E-state index in [1.165, 1.54) is 76.5 Å². The van der Waals surface area contributed by atoms with Gasteiger partial charge in [0, 0.05) is 31.9 Å². The van der Waals surface area contributed by atoms with Crippen molar-refractivity contribution in [1.29, 1.82) is 0 Å². The highest BCUT2D eigenvalue weighted by Crippen LogP contribution is 2.32. The second kappa shape index (κ2) is 19.0. The Labute approximate surface area is 331 Å². The number of rotatable bonds is 13. The lowest BCUT2D eigenvalue weighted by atomic mass is 10.0. The van der Waals surface area contributed by atoms with Gasteiger partial charge in [0.2, 0.25) is 15.0 Å². The molecule has 302 valence electrons. The van der Waals surface area contributed by atoms with E-state index in [-0.39, 0.29) is 54.6 Å². The van der Waals surface area contributed by atoms with Crippen LogP contribution in [0, 0.1) is 11.6 Å². The highest BCUT2D eigenvalue weighted by Gasteiger charge is 2.25. The van der Waals surface area contributed by atoms with Crippen LogP contribution in [0.1, 0.15) is 21.3 Å². The fourth-order valence-corrected chi connectivity index (χ4v) is 5.89. The topological polar surface area (TPSA) is 184 Å². The van der Waals surface area contributed by atoms with Gasteiger partial charge < -0.3 is 23.3 Å². The van der Waals surface area contributed by atoms with Crippen LogP contribution >= 0.6 is 0 Å². The molecular weight excluding hydrogens is 779 g/mol. The van der Waals surface area contributed by atoms with Crippen LogP contribution in [-0.2, 0) is 32.8 Å². The van der Waals surface area contributed by atoms with Gasteiger partial charge in [-0.1, -0.05) is 49.9 Å². The van der Waals surface area contributed by atoms with E-state index < -0.39 is 32.7 Å². The van der Waals surface area contributed by atoms with Gasteiger partial charge in [-0.25, -0.2) is 41.7 Å². The molecular formula is C40H38F2N6O9S. The van der Waals surface area contributed by atoms with Crippen molar-refractivity contribution in [2.24, 2.45) is 0 Å². The van der Waals surface area contributed by atoms with Gasteiger partial charge in [0.05, 0.1) is 22.5 Å². The van der Waals surface area contributed by atoms with Gasteiger partial charge in [0.15, 0.2) is 13.5 Å². The summed E-state index contributed by atoms with van der Waals surface area (Å²) in [6.07, 6.45) is 3.78. The number of ether oxygens (including phenoxy) is 3. The van der Waals surface area contributed by atoms with Crippen LogP contribution in [0.15, 0.2) is 127 Å². The van der Waals surface area contributed by atoms with E-state index in [0.29, 0.717) is 41.5 Å². The van der Waals surface area contributed by atoms with Crippen LogP contribution in [0.2, 0.25) is 0 Å². The number of halogens is 2. The summed E-state index contributed by atoms with van der Waals surface area (Å²) < 4.78 is 79.8. The molecule has 0 saturated carbocycles. The second-order valence-corrected chi connectivity index (χ2v) is 13.8. The van der Waals surface area contributed by atoms with Crippen LogP contribution in [0.5, 0.6) is 11.8 Å². The Bertz CT molecular complexity index is 2680. The number of benzene rings is 3. The molecule has 0 amide bonds. The number of hydrogen-bond donors (Lipinski definition) is 0. The van der Waals surface area contributed by atoms with E-state index >= 15 is 0 Å². The van der Waals surface area contributed by atoms with Gasteiger partial charge >= 0.3 is 17.3 Å². The first-order valence-corrected chi connectivity index (χ1v) is 19.1. The SMILES string of the molecule is C.CCOCn1oc(=O)c(-c2ccc(F)cc2)c1-c1ccnc(Oc2ccccc2)n1.CCOCn1oc(=O)c(-c2ccc(F)cc2)c1-c1ccnc(S(C)(=O)=O)n1. The monoisotopic (exact) mass is 816 g/mol. The summed E-state index contributed by atoms with van der Waals surface area (Å²) in [5.41, 5.74) is 1.17. The summed E-state index contributed by atoms with van der Waals surface area (Å²) in [4.78, 5) is 41.5. The molecule has 7 rings (SSSR count). The highest BCUT2D eigenvalue weighted by atomic mass is 32.2. The third-order valence-corrected chi connectivity index (χ3v) is 8.75. The van der Waals surface area contributed by atoms with E-state index in [4.69, 9.17) is 23.3 Å². The maximum absolute atomic E-state index is 13.4. The molecule has 0 atom stereocenters. The lowest BCUT2D eigenvalue weighted by Crippen LogP contribution is -2.07. The number of aromatic nitrogens is 6. The van der Waals surface area contributed by atoms with Crippen LogP contribution in [0.25, 0.3) is 45.0 Å². The van der Waals surface area contributed by atoms with Gasteiger partial charge in [0.1, 0.15) is 28.8 Å². The lowest BCUT2D eigenvalue weighted by Gasteiger charge is -2.09. The molecule has 0 fully saturated rings. The smallest absolute Gasteiger partial charge is 0.366 e. The van der Waals surface area contributed by atoms with E-state index in [2.05, 4.69) is 19.9 Å². The average Bonchev–Trinajstić information content (AvgIpc) is 3.72. The summed E-state index contributed by atoms with van der Waals surface area (Å²) in [6.45, 7) is 4.33. The molecule has 18 heteroatoms. The van der Waals surface area contributed by atoms with Gasteiger partial charge in [-0.05, 0) is 73.5 Å². The Morgan fingerprint density at radius 2 is 1.12 bits per heavy atom. The van der Waals surface area contributed by atoms with E-state index in [9.17, 15) is 26.8 Å². The maximum Gasteiger partial charge on any atom is 0.366 e. The molecule has 4 aromatic heterocycles. The molecule has 3 aromatic carbocycles. The Balaban J connectivity index is 0.000000218. The predicted molar refractivity (Wildman–Crippen MR) is 208 cm³/mol. The highest BCUT2D eigenvalue weighted by molar-refractivity contribution is 7.90. The van der Waals surface area contributed by atoms with Crippen LogP contribution in [0.4, 0.5) is 8.78 Å². The number of hydrogen-bond acceptors (Lipinski definition) is 13. The Morgan fingerprint density at radius 3 is 1.59 bits per heavy atom. The normalized spacial score (nSPS) is 11.1. The van der Waals surface area contributed by atoms with Crippen molar-refractivity contribution in [2.45, 2.75) is 39.9 Å². The molecule has 0 radical (unpaired) electrons. The molecule has 0 aliphatic rings. The fraction of sp³-hybridized carbons (Fsp3) is 0.200. The minimum Gasteiger partial charge on any atom is -0.424 e. The summed E-state index contributed by atoms with van der Waals surface area (Å²) in [5, 5.41) is -0.387. The average molecular weight is 817 g/mol. The lowest BCUT2D eigenvalue weighted by molar-refractivity contribution is 0.0314. The third-order valence-electron chi connectivity index (χ3n) is 7.89. The molecule has 0 spiro atoms. The van der Waals surface area contributed by atoms with Crippen molar-refractivity contribution in [1.82, 2.24) is 29.4 Å². The zero-order valence-electron chi connectivity index (χ0n) is 30.7.